The van der Waals surface area contributed by atoms with Gasteiger partial charge in [0.2, 0.25) is 0 Å². The lowest BCUT2D eigenvalue weighted by Crippen LogP contribution is -2.23. The molecule has 0 spiro atoms. The lowest BCUT2D eigenvalue weighted by Gasteiger charge is -2.10. The van der Waals surface area contributed by atoms with Crippen molar-refractivity contribution in [1.29, 1.82) is 0 Å². The van der Waals surface area contributed by atoms with Crippen molar-refractivity contribution in [3.8, 4) is 5.75 Å². The molecule has 1 unspecified atom stereocenters. The van der Waals surface area contributed by atoms with Crippen LogP contribution in [0.2, 0.25) is 5.02 Å². The first-order chi connectivity index (χ1) is 6.72. The van der Waals surface area contributed by atoms with Crippen molar-refractivity contribution in [3.05, 3.63) is 23.5 Å². The highest BCUT2D eigenvalue weighted by molar-refractivity contribution is 6.30. The van der Waals surface area contributed by atoms with Gasteiger partial charge < -0.3 is 10.1 Å². The summed E-state index contributed by atoms with van der Waals surface area (Å²) in [4.78, 5) is 3.93. The van der Waals surface area contributed by atoms with Crippen LogP contribution in [-0.4, -0.2) is 24.7 Å². The van der Waals surface area contributed by atoms with Crippen LogP contribution in [-0.2, 0) is 0 Å². The second-order valence-corrected chi connectivity index (χ2v) is 3.60. The normalized spacial score (nSPS) is 12.5. The van der Waals surface area contributed by atoms with Crippen molar-refractivity contribution < 1.29 is 4.74 Å². The third-order valence-electron chi connectivity index (χ3n) is 1.99. The van der Waals surface area contributed by atoms with E-state index in [9.17, 15) is 0 Å². The number of halogens is 1. The Morgan fingerprint density at radius 1 is 1.57 bits per heavy atom. The van der Waals surface area contributed by atoms with E-state index in [-0.39, 0.29) is 0 Å². The molecular weight excluding hydrogens is 200 g/mol. The molecule has 0 aliphatic rings. The number of nitrogens with zero attached hydrogens (tertiary/aromatic N) is 1. The molecule has 1 aromatic rings. The average molecular weight is 215 g/mol. The number of rotatable bonds is 5. The van der Waals surface area contributed by atoms with E-state index in [1.54, 1.807) is 18.5 Å². The predicted octanol–water partition coefficient (Wildman–Crippen LogP) is 2.11. The highest BCUT2D eigenvalue weighted by atomic mass is 35.5. The zero-order valence-electron chi connectivity index (χ0n) is 8.46. The summed E-state index contributed by atoms with van der Waals surface area (Å²) >= 11 is 5.76. The zero-order chi connectivity index (χ0) is 10.4. The quantitative estimate of drug-likeness (QED) is 0.815. The molecule has 0 saturated carbocycles. The molecule has 1 aromatic heterocycles. The van der Waals surface area contributed by atoms with Crippen LogP contribution in [0.1, 0.15) is 13.3 Å². The van der Waals surface area contributed by atoms with E-state index < -0.39 is 0 Å². The summed E-state index contributed by atoms with van der Waals surface area (Å²) in [6.07, 6.45) is 4.21. The van der Waals surface area contributed by atoms with Crippen LogP contribution < -0.4 is 10.1 Å². The molecule has 0 amide bonds. The van der Waals surface area contributed by atoms with Gasteiger partial charge in [-0.1, -0.05) is 11.6 Å². The topological polar surface area (TPSA) is 34.1 Å². The smallest absolute Gasteiger partial charge is 0.139 e. The summed E-state index contributed by atoms with van der Waals surface area (Å²) in [6.45, 7) is 2.78. The van der Waals surface area contributed by atoms with E-state index in [4.69, 9.17) is 16.3 Å². The first kappa shape index (κ1) is 11.3. The van der Waals surface area contributed by atoms with E-state index in [2.05, 4.69) is 17.2 Å². The molecule has 0 bridgehead atoms. The predicted molar refractivity (Wildman–Crippen MR) is 57.9 cm³/mol. The molecule has 0 radical (unpaired) electrons. The number of aromatic nitrogens is 1. The molecule has 0 aromatic carbocycles. The average Bonchev–Trinajstić information content (AvgIpc) is 2.17. The van der Waals surface area contributed by atoms with Crippen LogP contribution in [0.3, 0.4) is 0 Å². The Kier molecular flexibility index (Phi) is 4.70. The number of hydrogen-bond acceptors (Lipinski definition) is 3. The van der Waals surface area contributed by atoms with Crippen LogP contribution >= 0.6 is 11.6 Å². The van der Waals surface area contributed by atoms with E-state index in [0.29, 0.717) is 17.7 Å². The molecule has 1 rings (SSSR count). The van der Waals surface area contributed by atoms with Gasteiger partial charge in [-0.25, -0.2) is 0 Å². The number of ether oxygens (including phenoxy) is 1. The molecule has 78 valence electrons. The van der Waals surface area contributed by atoms with Gasteiger partial charge in [0, 0.05) is 18.3 Å². The molecule has 0 fully saturated rings. The number of hydrogen-bond donors (Lipinski definition) is 1. The van der Waals surface area contributed by atoms with E-state index >= 15 is 0 Å². The fourth-order valence-corrected chi connectivity index (χ4v) is 1.13. The summed E-state index contributed by atoms with van der Waals surface area (Å²) in [5, 5.41) is 3.74. The molecule has 14 heavy (non-hydrogen) atoms. The van der Waals surface area contributed by atoms with Crippen LogP contribution in [0.15, 0.2) is 18.5 Å². The molecule has 0 aliphatic heterocycles. The van der Waals surface area contributed by atoms with E-state index in [0.717, 1.165) is 12.2 Å². The Morgan fingerprint density at radius 2 is 2.36 bits per heavy atom. The van der Waals surface area contributed by atoms with Crippen LogP contribution in [0.4, 0.5) is 0 Å². The Bertz CT molecular complexity index is 281. The fraction of sp³-hybridized carbons (Fsp3) is 0.500. The Morgan fingerprint density at radius 3 is 3.00 bits per heavy atom. The van der Waals surface area contributed by atoms with Gasteiger partial charge in [0.1, 0.15) is 5.75 Å². The van der Waals surface area contributed by atoms with Gasteiger partial charge in [-0.3, -0.25) is 4.98 Å². The van der Waals surface area contributed by atoms with Crippen LogP contribution in [0, 0.1) is 0 Å². The van der Waals surface area contributed by atoms with Gasteiger partial charge in [0.25, 0.3) is 0 Å². The summed E-state index contributed by atoms with van der Waals surface area (Å²) in [5.41, 5.74) is 0. The SMILES string of the molecule is CNC(C)CCOc1cncc(Cl)c1. The minimum atomic E-state index is 0.460. The maximum atomic E-state index is 5.76. The highest BCUT2D eigenvalue weighted by Crippen LogP contribution is 2.15. The third-order valence-corrected chi connectivity index (χ3v) is 2.20. The van der Waals surface area contributed by atoms with Crippen molar-refractivity contribution in [2.75, 3.05) is 13.7 Å². The summed E-state index contributed by atoms with van der Waals surface area (Å²) < 4.78 is 5.47. The molecule has 0 aliphatic carbocycles. The maximum absolute atomic E-state index is 5.76. The first-order valence-electron chi connectivity index (χ1n) is 4.63. The first-order valence-corrected chi connectivity index (χ1v) is 5.01. The van der Waals surface area contributed by atoms with Gasteiger partial charge in [-0.2, -0.15) is 0 Å². The van der Waals surface area contributed by atoms with Gasteiger partial charge >= 0.3 is 0 Å². The molecule has 1 heterocycles. The third kappa shape index (κ3) is 3.94. The van der Waals surface area contributed by atoms with Crippen molar-refractivity contribution in [2.24, 2.45) is 0 Å². The second-order valence-electron chi connectivity index (χ2n) is 3.17. The highest BCUT2D eigenvalue weighted by Gasteiger charge is 1.99. The van der Waals surface area contributed by atoms with Crippen molar-refractivity contribution in [1.82, 2.24) is 10.3 Å². The van der Waals surface area contributed by atoms with E-state index in [1.165, 1.54) is 0 Å². The maximum Gasteiger partial charge on any atom is 0.139 e. The van der Waals surface area contributed by atoms with Crippen LogP contribution in [0.5, 0.6) is 5.75 Å². The summed E-state index contributed by atoms with van der Waals surface area (Å²) in [7, 11) is 1.94. The molecule has 1 atom stereocenters. The van der Waals surface area contributed by atoms with Crippen molar-refractivity contribution >= 4 is 11.6 Å². The monoisotopic (exact) mass is 214 g/mol. The number of nitrogens with one attached hydrogen (secondary N) is 1. The van der Waals surface area contributed by atoms with Crippen LogP contribution in [0.25, 0.3) is 0 Å². The largest absolute Gasteiger partial charge is 0.492 e. The molecule has 4 heteroatoms. The minimum Gasteiger partial charge on any atom is -0.492 e. The standard InChI is InChI=1S/C10H15ClN2O/c1-8(12-2)3-4-14-10-5-9(11)6-13-7-10/h5-8,12H,3-4H2,1-2H3. The fourth-order valence-electron chi connectivity index (χ4n) is 0.969. The minimum absolute atomic E-state index is 0.460. The Labute approximate surface area is 89.4 Å². The lowest BCUT2D eigenvalue weighted by molar-refractivity contribution is 0.292. The lowest BCUT2D eigenvalue weighted by atomic mass is 10.2. The molecule has 1 N–H and O–H groups in total. The van der Waals surface area contributed by atoms with E-state index in [1.807, 2.05) is 7.05 Å². The molecule has 3 nitrogen and oxygen atoms in total. The van der Waals surface area contributed by atoms with Crippen molar-refractivity contribution in [2.45, 2.75) is 19.4 Å². The number of pyridine rings is 1. The molecular formula is C10H15ClN2O. The van der Waals surface area contributed by atoms with Gasteiger partial charge in [-0.05, 0) is 20.4 Å². The Balaban J connectivity index is 2.31. The zero-order valence-corrected chi connectivity index (χ0v) is 9.21. The van der Waals surface area contributed by atoms with Gasteiger partial charge in [-0.15, -0.1) is 0 Å². The van der Waals surface area contributed by atoms with Gasteiger partial charge in [0.05, 0.1) is 17.8 Å². The molecule has 0 saturated heterocycles. The second kappa shape index (κ2) is 5.83. The summed E-state index contributed by atoms with van der Waals surface area (Å²) in [6, 6.07) is 2.22. The summed E-state index contributed by atoms with van der Waals surface area (Å²) in [5.74, 6) is 0.723. The van der Waals surface area contributed by atoms with Gasteiger partial charge in [0.15, 0.2) is 0 Å². The van der Waals surface area contributed by atoms with Crippen molar-refractivity contribution in [3.63, 3.8) is 0 Å². The Hall–Kier alpha value is -0.800.